The maximum atomic E-state index is 12.9. The van der Waals surface area contributed by atoms with Crippen molar-refractivity contribution >= 4 is 27.6 Å². The first-order chi connectivity index (χ1) is 14.2. The molecular weight excluding hydrogens is 408 g/mol. The Morgan fingerprint density at radius 3 is 2.23 bits per heavy atom. The minimum Gasteiger partial charge on any atom is -0.497 e. The molecule has 0 heterocycles. The highest BCUT2D eigenvalue weighted by atomic mass is 32.2. The van der Waals surface area contributed by atoms with Gasteiger partial charge in [-0.05, 0) is 42.8 Å². The molecule has 2 aromatic rings. The quantitative estimate of drug-likeness (QED) is 0.641. The third-order valence-electron chi connectivity index (χ3n) is 4.68. The van der Waals surface area contributed by atoms with E-state index in [1.807, 2.05) is 0 Å². The van der Waals surface area contributed by atoms with E-state index in [1.165, 1.54) is 42.8 Å². The molecule has 2 rings (SSSR count). The lowest BCUT2D eigenvalue weighted by Crippen LogP contribution is -2.30. The molecule has 0 fully saturated rings. The van der Waals surface area contributed by atoms with Crippen LogP contribution in [0.15, 0.2) is 41.3 Å². The van der Waals surface area contributed by atoms with Gasteiger partial charge in [0.25, 0.3) is 5.91 Å². The molecule has 8 nitrogen and oxygen atoms in total. The predicted molar refractivity (Wildman–Crippen MR) is 114 cm³/mol. The summed E-state index contributed by atoms with van der Waals surface area (Å²) in [5.74, 6) is -0.755. The molecule has 0 bridgehead atoms. The Morgan fingerprint density at radius 1 is 1.00 bits per heavy atom. The first-order valence-corrected chi connectivity index (χ1v) is 10.8. The van der Waals surface area contributed by atoms with Gasteiger partial charge in [0.2, 0.25) is 10.0 Å². The molecule has 0 spiro atoms. The molecule has 162 valence electrons. The summed E-state index contributed by atoms with van der Waals surface area (Å²) in [5, 5.41) is 2.67. The van der Waals surface area contributed by atoms with Gasteiger partial charge in [0, 0.05) is 18.7 Å². The second-order valence-electron chi connectivity index (χ2n) is 6.42. The molecule has 2 aromatic carbocycles. The lowest BCUT2D eigenvalue weighted by Gasteiger charge is -2.19. The van der Waals surface area contributed by atoms with Crippen molar-refractivity contribution in [3.05, 3.63) is 53.1 Å². The summed E-state index contributed by atoms with van der Waals surface area (Å²) in [6.45, 7) is 5.85. The van der Waals surface area contributed by atoms with Crippen molar-refractivity contribution in [3.63, 3.8) is 0 Å². The second kappa shape index (κ2) is 9.73. The molecular formula is C21H26N2O6S. The van der Waals surface area contributed by atoms with E-state index >= 15 is 0 Å². The fourth-order valence-corrected chi connectivity index (χ4v) is 4.43. The third-order valence-corrected chi connectivity index (χ3v) is 6.72. The molecule has 0 unspecified atom stereocenters. The number of methoxy groups -OCH3 is 2. The van der Waals surface area contributed by atoms with Crippen LogP contribution in [-0.4, -0.2) is 51.9 Å². The summed E-state index contributed by atoms with van der Waals surface area (Å²) in [4.78, 5) is 25.1. The van der Waals surface area contributed by atoms with Crippen molar-refractivity contribution in [1.82, 2.24) is 4.31 Å². The van der Waals surface area contributed by atoms with E-state index in [1.54, 1.807) is 32.9 Å². The maximum absolute atomic E-state index is 12.9. The van der Waals surface area contributed by atoms with Crippen LogP contribution in [0, 0.1) is 6.92 Å². The number of nitrogens with zero attached hydrogens (tertiary/aromatic N) is 1. The largest absolute Gasteiger partial charge is 0.497 e. The molecule has 9 heteroatoms. The minimum atomic E-state index is -3.72. The number of esters is 1. The number of aryl methyl sites for hydroxylation is 1. The van der Waals surface area contributed by atoms with Crippen LogP contribution in [0.4, 0.5) is 5.69 Å². The average Bonchev–Trinajstić information content (AvgIpc) is 2.74. The van der Waals surface area contributed by atoms with Crippen molar-refractivity contribution < 1.29 is 27.5 Å². The van der Waals surface area contributed by atoms with Crippen LogP contribution < -0.4 is 10.1 Å². The Labute approximate surface area is 176 Å². The Kier molecular flexibility index (Phi) is 7.58. The maximum Gasteiger partial charge on any atom is 0.340 e. The van der Waals surface area contributed by atoms with E-state index in [9.17, 15) is 18.0 Å². The highest BCUT2D eigenvalue weighted by Gasteiger charge is 2.24. The van der Waals surface area contributed by atoms with E-state index < -0.39 is 21.9 Å². The van der Waals surface area contributed by atoms with Gasteiger partial charge < -0.3 is 14.8 Å². The summed E-state index contributed by atoms with van der Waals surface area (Å²) < 4.78 is 36.8. The highest BCUT2D eigenvalue weighted by Crippen LogP contribution is 2.25. The van der Waals surface area contributed by atoms with Crippen LogP contribution in [-0.2, 0) is 14.8 Å². The van der Waals surface area contributed by atoms with E-state index in [-0.39, 0.29) is 21.7 Å². The van der Waals surface area contributed by atoms with Gasteiger partial charge in [0.05, 0.1) is 30.4 Å². The molecule has 0 aliphatic rings. The Morgan fingerprint density at radius 2 is 1.67 bits per heavy atom. The molecule has 0 saturated heterocycles. The van der Waals surface area contributed by atoms with Gasteiger partial charge in [-0.3, -0.25) is 4.79 Å². The number of sulfonamides is 1. The summed E-state index contributed by atoms with van der Waals surface area (Å²) >= 11 is 0. The number of carbonyl (C=O) groups is 2. The zero-order valence-electron chi connectivity index (χ0n) is 17.7. The number of anilines is 1. The van der Waals surface area contributed by atoms with E-state index in [0.717, 1.165) is 0 Å². The summed E-state index contributed by atoms with van der Waals surface area (Å²) in [6, 6.07) is 8.98. The summed E-state index contributed by atoms with van der Waals surface area (Å²) in [7, 11) is -1.03. The minimum absolute atomic E-state index is 0.0323. The lowest BCUT2D eigenvalue weighted by molar-refractivity contribution is 0.0601. The average molecular weight is 435 g/mol. The van der Waals surface area contributed by atoms with Crippen LogP contribution in [0.25, 0.3) is 0 Å². The smallest absolute Gasteiger partial charge is 0.340 e. The number of hydrogen-bond acceptors (Lipinski definition) is 6. The number of benzene rings is 2. The molecule has 0 aliphatic heterocycles. The van der Waals surface area contributed by atoms with Gasteiger partial charge in [-0.2, -0.15) is 4.31 Å². The van der Waals surface area contributed by atoms with Gasteiger partial charge in [-0.25, -0.2) is 13.2 Å². The van der Waals surface area contributed by atoms with Crippen molar-refractivity contribution in [2.45, 2.75) is 25.7 Å². The molecule has 0 atom stereocenters. The Balaban J connectivity index is 2.45. The molecule has 0 aliphatic carbocycles. The standard InChI is InChI=1S/C21H26N2O6S/c1-6-23(7-2)30(26,27)16-10-8-14(3)17(13-16)20(24)22-19-11-9-15(28-4)12-18(19)21(25)29-5/h8-13H,6-7H2,1-5H3,(H,22,24). The molecule has 0 aromatic heterocycles. The number of ether oxygens (including phenoxy) is 2. The van der Waals surface area contributed by atoms with E-state index in [4.69, 9.17) is 9.47 Å². The number of carbonyl (C=O) groups excluding carboxylic acids is 2. The van der Waals surface area contributed by atoms with Crippen molar-refractivity contribution in [2.24, 2.45) is 0 Å². The molecule has 30 heavy (non-hydrogen) atoms. The number of hydrogen-bond donors (Lipinski definition) is 1. The van der Waals surface area contributed by atoms with Gasteiger partial charge in [-0.1, -0.05) is 19.9 Å². The number of rotatable bonds is 8. The summed E-state index contributed by atoms with van der Waals surface area (Å²) in [5.41, 5.74) is 1.13. The monoisotopic (exact) mass is 434 g/mol. The predicted octanol–water partition coefficient (Wildman–Crippen LogP) is 3.07. The molecule has 0 saturated carbocycles. The second-order valence-corrected chi connectivity index (χ2v) is 8.36. The zero-order valence-corrected chi connectivity index (χ0v) is 18.5. The van der Waals surface area contributed by atoms with Gasteiger partial charge in [-0.15, -0.1) is 0 Å². The molecule has 1 amide bonds. The SMILES string of the molecule is CCN(CC)S(=O)(=O)c1ccc(C)c(C(=O)Nc2ccc(OC)cc2C(=O)OC)c1. The van der Waals surface area contributed by atoms with Crippen molar-refractivity contribution in [3.8, 4) is 5.75 Å². The Bertz CT molecular complexity index is 1050. The van der Waals surface area contributed by atoms with Crippen LogP contribution in [0.1, 0.15) is 40.1 Å². The normalized spacial score (nSPS) is 11.3. The Hall–Kier alpha value is -2.91. The first-order valence-electron chi connectivity index (χ1n) is 9.38. The number of amides is 1. The van der Waals surface area contributed by atoms with Gasteiger partial charge >= 0.3 is 5.97 Å². The van der Waals surface area contributed by atoms with Gasteiger partial charge in [0.15, 0.2) is 0 Å². The lowest BCUT2D eigenvalue weighted by atomic mass is 10.1. The number of nitrogens with one attached hydrogen (secondary N) is 1. The first kappa shape index (κ1) is 23.4. The zero-order chi connectivity index (χ0) is 22.5. The fourth-order valence-electron chi connectivity index (χ4n) is 2.95. The van der Waals surface area contributed by atoms with Crippen LogP contribution >= 0.6 is 0 Å². The fraction of sp³-hybridized carbons (Fsp3) is 0.333. The van der Waals surface area contributed by atoms with E-state index in [2.05, 4.69) is 5.32 Å². The van der Waals surface area contributed by atoms with Crippen LogP contribution in [0.3, 0.4) is 0 Å². The van der Waals surface area contributed by atoms with Crippen LogP contribution in [0.5, 0.6) is 5.75 Å². The summed E-state index contributed by atoms with van der Waals surface area (Å²) in [6.07, 6.45) is 0. The topological polar surface area (TPSA) is 102 Å². The van der Waals surface area contributed by atoms with Gasteiger partial charge in [0.1, 0.15) is 5.75 Å². The van der Waals surface area contributed by atoms with Crippen LogP contribution in [0.2, 0.25) is 0 Å². The third kappa shape index (κ3) is 4.80. The molecule has 1 N–H and O–H groups in total. The van der Waals surface area contributed by atoms with Crippen molar-refractivity contribution in [2.75, 3.05) is 32.6 Å². The highest BCUT2D eigenvalue weighted by molar-refractivity contribution is 7.89. The molecule has 0 radical (unpaired) electrons. The van der Waals surface area contributed by atoms with E-state index in [0.29, 0.717) is 24.4 Å². The van der Waals surface area contributed by atoms with Crippen molar-refractivity contribution in [1.29, 1.82) is 0 Å².